The molecule has 0 saturated carbocycles. The molecule has 0 unspecified atom stereocenters. The minimum Gasteiger partial charge on any atom is -0.454 e. The molecule has 1 N–H and O–H groups in total. The van der Waals surface area contributed by atoms with Crippen molar-refractivity contribution in [2.24, 2.45) is 0 Å². The number of aryl methyl sites for hydroxylation is 1. The van der Waals surface area contributed by atoms with E-state index in [-0.39, 0.29) is 30.9 Å². The van der Waals surface area contributed by atoms with Crippen molar-refractivity contribution < 1.29 is 19.1 Å². The first-order valence-electron chi connectivity index (χ1n) is 9.21. The summed E-state index contributed by atoms with van der Waals surface area (Å²) in [6, 6.07) is 5.86. The average Bonchev–Trinajstić information content (AvgIpc) is 2.79. The van der Waals surface area contributed by atoms with E-state index in [0.717, 1.165) is 36.1 Å². The molecule has 6 nitrogen and oxygen atoms in total. The maximum absolute atomic E-state index is 12.2. The number of carbonyl (C=O) groups excluding carboxylic acids is 3. The Balaban J connectivity index is 1.87. The number of esters is 1. The first kappa shape index (κ1) is 19.9. The number of nitrogens with one attached hydrogen (secondary N) is 1. The smallest absolute Gasteiger partial charge is 0.326 e. The molecule has 1 aliphatic rings. The third kappa shape index (κ3) is 5.58. The number of ether oxygens (including phenoxy) is 1. The summed E-state index contributed by atoms with van der Waals surface area (Å²) in [5, 5.41) is 2.84. The lowest BCUT2D eigenvalue weighted by Crippen LogP contribution is -2.36. The van der Waals surface area contributed by atoms with Gasteiger partial charge in [0.2, 0.25) is 5.91 Å². The zero-order valence-electron chi connectivity index (χ0n) is 15.8. The second kappa shape index (κ2) is 9.36. The van der Waals surface area contributed by atoms with Crippen molar-refractivity contribution >= 4 is 23.5 Å². The van der Waals surface area contributed by atoms with E-state index in [4.69, 9.17) is 4.74 Å². The van der Waals surface area contributed by atoms with E-state index in [9.17, 15) is 14.4 Å². The van der Waals surface area contributed by atoms with Crippen LogP contribution in [0, 0.1) is 6.92 Å². The van der Waals surface area contributed by atoms with E-state index >= 15 is 0 Å². The van der Waals surface area contributed by atoms with Crippen LogP contribution in [-0.2, 0) is 19.1 Å². The number of nitrogens with zero attached hydrogens (tertiary/aromatic N) is 1. The number of rotatable bonds is 6. The highest BCUT2D eigenvalue weighted by molar-refractivity contribution is 5.94. The standard InChI is InChI=1S/C20H28N2O4/c1-14(2)16-9-7-8-15(3)20(16)21-17(23)13-26-19(25)12-22-11-6-4-5-10-18(22)24/h7-9,14H,4-6,10-13H2,1-3H3,(H,21,23). The molecule has 1 aromatic rings. The molecule has 26 heavy (non-hydrogen) atoms. The van der Waals surface area contributed by atoms with E-state index in [2.05, 4.69) is 19.2 Å². The maximum Gasteiger partial charge on any atom is 0.326 e. The Hall–Kier alpha value is -2.37. The van der Waals surface area contributed by atoms with Crippen molar-refractivity contribution in [3.8, 4) is 0 Å². The number of amides is 2. The topological polar surface area (TPSA) is 75.7 Å². The summed E-state index contributed by atoms with van der Waals surface area (Å²) < 4.78 is 5.06. The predicted molar refractivity (Wildman–Crippen MR) is 99.9 cm³/mol. The van der Waals surface area contributed by atoms with Crippen molar-refractivity contribution in [2.75, 3.05) is 25.0 Å². The molecule has 1 fully saturated rings. The van der Waals surface area contributed by atoms with Gasteiger partial charge in [0.05, 0.1) is 0 Å². The molecule has 0 radical (unpaired) electrons. The number of benzene rings is 1. The summed E-state index contributed by atoms with van der Waals surface area (Å²) >= 11 is 0. The highest BCUT2D eigenvalue weighted by atomic mass is 16.5. The summed E-state index contributed by atoms with van der Waals surface area (Å²) in [5.74, 6) is -0.687. The Kier molecular flexibility index (Phi) is 7.18. The highest BCUT2D eigenvalue weighted by Gasteiger charge is 2.20. The summed E-state index contributed by atoms with van der Waals surface area (Å²) in [5.41, 5.74) is 2.78. The Bertz CT molecular complexity index is 670. The number of anilines is 1. The van der Waals surface area contributed by atoms with Crippen LogP contribution in [0.15, 0.2) is 18.2 Å². The van der Waals surface area contributed by atoms with Gasteiger partial charge in [0.25, 0.3) is 5.91 Å². The molecule has 1 saturated heterocycles. The van der Waals surface area contributed by atoms with Gasteiger partial charge >= 0.3 is 5.97 Å². The third-order valence-electron chi connectivity index (χ3n) is 4.55. The number of carbonyl (C=O) groups is 3. The van der Waals surface area contributed by atoms with Gasteiger partial charge in [-0.1, -0.05) is 38.5 Å². The number of para-hydroxylation sites is 1. The van der Waals surface area contributed by atoms with Gasteiger partial charge in [0, 0.05) is 18.7 Å². The molecule has 2 rings (SSSR count). The van der Waals surface area contributed by atoms with E-state index in [0.29, 0.717) is 13.0 Å². The van der Waals surface area contributed by atoms with Crippen LogP contribution in [0.1, 0.15) is 56.6 Å². The molecule has 1 aliphatic heterocycles. The van der Waals surface area contributed by atoms with Crippen LogP contribution in [0.2, 0.25) is 0 Å². The lowest BCUT2D eigenvalue weighted by atomic mass is 9.98. The summed E-state index contributed by atoms with van der Waals surface area (Å²) in [7, 11) is 0. The fourth-order valence-corrected chi connectivity index (χ4v) is 3.07. The highest BCUT2D eigenvalue weighted by Crippen LogP contribution is 2.27. The molecule has 1 aromatic carbocycles. The lowest BCUT2D eigenvalue weighted by Gasteiger charge is -2.19. The molecule has 1 heterocycles. The quantitative estimate of drug-likeness (QED) is 0.791. The average molecular weight is 360 g/mol. The molecule has 0 spiro atoms. The van der Waals surface area contributed by atoms with Crippen LogP contribution in [-0.4, -0.2) is 42.4 Å². The molecule has 0 aliphatic carbocycles. The van der Waals surface area contributed by atoms with Gasteiger partial charge in [0.15, 0.2) is 6.61 Å². The summed E-state index contributed by atoms with van der Waals surface area (Å²) in [6.45, 7) is 6.17. The normalized spacial score (nSPS) is 14.9. The molecule has 142 valence electrons. The Labute approximate surface area is 154 Å². The number of likely N-dealkylation sites (tertiary alicyclic amines) is 1. The molecule has 0 aromatic heterocycles. The van der Waals surface area contributed by atoms with Gasteiger partial charge in [0.1, 0.15) is 6.54 Å². The number of hydrogen-bond acceptors (Lipinski definition) is 4. The Morgan fingerprint density at radius 1 is 1.23 bits per heavy atom. The Morgan fingerprint density at radius 2 is 2.00 bits per heavy atom. The monoisotopic (exact) mass is 360 g/mol. The SMILES string of the molecule is Cc1cccc(C(C)C)c1NC(=O)COC(=O)CN1CCCCCC1=O. The van der Waals surface area contributed by atoms with Crippen LogP contribution in [0.5, 0.6) is 0 Å². The van der Waals surface area contributed by atoms with Crippen molar-refractivity contribution in [1.82, 2.24) is 4.90 Å². The molecule has 6 heteroatoms. The predicted octanol–water partition coefficient (Wildman–Crippen LogP) is 3.00. The minimum atomic E-state index is -0.552. The second-order valence-electron chi connectivity index (χ2n) is 7.03. The molecule has 0 bridgehead atoms. The van der Waals surface area contributed by atoms with Gasteiger partial charge in [-0.3, -0.25) is 14.4 Å². The van der Waals surface area contributed by atoms with E-state index in [1.165, 1.54) is 4.90 Å². The van der Waals surface area contributed by atoms with Crippen molar-refractivity contribution in [1.29, 1.82) is 0 Å². The lowest BCUT2D eigenvalue weighted by molar-refractivity contribution is -0.151. The summed E-state index contributed by atoms with van der Waals surface area (Å²) in [4.78, 5) is 37.6. The van der Waals surface area contributed by atoms with Crippen molar-refractivity contribution in [2.45, 2.75) is 52.4 Å². The first-order chi connectivity index (χ1) is 12.4. The third-order valence-corrected chi connectivity index (χ3v) is 4.55. The number of hydrogen-bond donors (Lipinski definition) is 1. The zero-order chi connectivity index (χ0) is 19.1. The molecular weight excluding hydrogens is 332 g/mol. The van der Waals surface area contributed by atoms with Crippen LogP contribution in [0.25, 0.3) is 0 Å². The molecule has 2 amide bonds. The largest absolute Gasteiger partial charge is 0.454 e. The van der Waals surface area contributed by atoms with E-state index in [1.807, 2.05) is 25.1 Å². The zero-order valence-corrected chi connectivity index (χ0v) is 15.8. The fraction of sp³-hybridized carbons (Fsp3) is 0.550. The van der Waals surface area contributed by atoms with Gasteiger partial charge in [-0.05, 0) is 36.8 Å². The van der Waals surface area contributed by atoms with Gasteiger partial charge < -0.3 is 15.0 Å². The van der Waals surface area contributed by atoms with E-state index < -0.39 is 5.97 Å². The van der Waals surface area contributed by atoms with Crippen LogP contribution in [0.4, 0.5) is 5.69 Å². The van der Waals surface area contributed by atoms with Crippen molar-refractivity contribution in [3.05, 3.63) is 29.3 Å². The van der Waals surface area contributed by atoms with Crippen LogP contribution < -0.4 is 5.32 Å². The summed E-state index contributed by atoms with van der Waals surface area (Å²) in [6.07, 6.45) is 3.22. The van der Waals surface area contributed by atoms with E-state index in [1.54, 1.807) is 0 Å². The maximum atomic E-state index is 12.2. The minimum absolute atomic E-state index is 0.0228. The fourth-order valence-electron chi connectivity index (χ4n) is 3.07. The van der Waals surface area contributed by atoms with Crippen LogP contribution >= 0.6 is 0 Å². The molecule has 0 atom stereocenters. The Morgan fingerprint density at radius 3 is 2.73 bits per heavy atom. The van der Waals surface area contributed by atoms with Gasteiger partial charge in [-0.2, -0.15) is 0 Å². The molecular formula is C20H28N2O4. The van der Waals surface area contributed by atoms with Gasteiger partial charge in [-0.15, -0.1) is 0 Å². The van der Waals surface area contributed by atoms with Crippen LogP contribution in [0.3, 0.4) is 0 Å². The second-order valence-corrected chi connectivity index (χ2v) is 7.03. The van der Waals surface area contributed by atoms with Crippen molar-refractivity contribution in [3.63, 3.8) is 0 Å². The van der Waals surface area contributed by atoms with Gasteiger partial charge in [-0.25, -0.2) is 0 Å². The first-order valence-corrected chi connectivity index (χ1v) is 9.21.